The summed E-state index contributed by atoms with van der Waals surface area (Å²) in [5.41, 5.74) is 2.70. The Kier molecular flexibility index (Phi) is 5.11. The lowest BCUT2D eigenvalue weighted by Gasteiger charge is -2.23. The second-order valence-corrected chi connectivity index (χ2v) is 6.74. The van der Waals surface area contributed by atoms with Gasteiger partial charge in [-0.15, -0.1) is 6.58 Å². The van der Waals surface area contributed by atoms with E-state index in [1.165, 1.54) is 12.4 Å². The van der Waals surface area contributed by atoms with Crippen molar-refractivity contribution in [2.75, 3.05) is 6.35 Å². The molecule has 2 aromatic heterocycles. The summed E-state index contributed by atoms with van der Waals surface area (Å²) in [7, 11) is -4.26. The molecule has 0 aliphatic carbocycles. The Morgan fingerprint density at radius 2 is 2.17 bits per heavy atom. The van der Waals surface area contributed by atoms with Gasteiger partial charge in [0.2, 0.25) is 0 Å². The first kappa shape index (κ1) is 17.5. The smallest absolute Gasteiger partial charge is 0.351 e. The third-order valence-electron chi connectivity index (χ3n) is 3.50. The van der Waals surface area contributed by atoms with Crippen LogP contribution in [0.15, 0.2) is 37.5 Å². The Bertz CT molecular complexity index is 782. The Morgan fingerprint density at radius 1 is 1.48 bits per heavy atom. The van der Waals surface area contributed by atoms with Crippen molar-refractivity contribution < 1.29 is 19.1 Å². The summed E-state index contributed by atoms with van der Waals surface area (Å²) < 4.78 is 18.0. The van der Waals surface area contributed by atoms with E-state index in [-0.39, 0.29) is 6.04 Å². The molecule has 0 saturated carbocycles. The zero-order valence-electron chi connectivity index (χ0n) is 13.0. The van der Waals surface area contributed by atoms with Gasteiger partial charge in [0, 0.05) is 0 Å². The van der Waals surface area contributed by atoms with Crippen LogP contribution in [-0.4, -0.2) is 41.8 Å². The van der Waals surface area contributed by atoms with Crippen LogP contribution in [0.2, 0.25) is 0 Å². The Labute approximate surface area is 133 Å². The van der Waals surface area contributed by atoms with Gasteiger partial charge in [-0.3, -0.25) is 4.57 Å². The molecule has 0 aliphatic rings. The van der Waals surface area contributed by atoms with Crippen molar-refractivity contribution in [2.45, 2.75) is 26.0 Å². The van der Waals surface area contributed by atoms with Gasteiger partial charge in [-0.1, -0.05) is 12.7 Å². The van der Waals surface area contributed by atoms with Gasteiger partial charge in [0.05, 0.1) is 24.2 Å². The molecule has 2 rings (SSSR count). The number of hydrogen-bond acceptors (Lipinski definition) is 5. The lowest BCUT2D eigenvalue weighted by atomic mass is 10.0. The molecule has 0 aromatic carbocycles. The number of hydrogen-bond donors (Lipinski definition) is 2. The van der Waals surface area contributed by atoms with Gasteiger partial charge in [0.25, 0.3) is 0 Å². The molecule has 2 heterocycles. The molecule has 2 aromatic rings. The molecule has 9 heteroatoms. The standard InChI is InChI=1S/C14H19N4O4P/c1-5-12(22-8-23(19,20)21)9(2)11(4)18-7-17-13-10(3)15-6-16-14(13)18/h5-7,11-12H,1-2,8H2,3-4H3,(H2,19,20,21)/t11-,12-/m0/s1. The highest BCUT2D eigenvalue weighted by molar-refractivity contribution is 7.51. The van der Waals surface area contributed by atoms with E-state index in [1.54, 1.807) is 6.33 Å². The maximum Gasteiger partial charge on any atom is 0.351 e. The number of aryl methyl sites for hydroxylation is 1. The number of ether oxygens (including phenoxy) is 1. The molecule has 0 bridgehead atoms. The van der Waals surface area contributed by atoms with Crippen LogP contribution in [0.5, 0.6) is 0 Å². The van der Waals surface area contributed by atoms with Crippen molar-refractivity contribution in [1.29, 1.82) is 0 Å². The number of fused-ring (bicyclic) bond motifs is 1. The van der Waals surface area contributed by atoms with Crippen LogP contribution in [0, 0.1) is 6.92 Å². The minimum atomic E-state index is -4.26. The van der Waals surface area contributed by atoms with Gasteiger partial charge < -0.3 is 19.1 Å². The SMILES string of the molecule is C=C[C@H](OCP(=O)(O)O)C(=C)[C@H](C)n1cnc2c(C)ncnc21. The third-order valence-corrected chi connectivity index (χ3v) is 3.98. The van der Waals surface area contributed by atoms with Crippen LogP contribution in [0.25, 0.3) is 11.2 Å². The van der Waals surface area contributed by atoms with E-state index >= 15 is 0 Å². The topological polar surface area (TPSA) is 110 Å². The molecule has 2 N–H and O–H groups in total. The minimum Gasteiger partial charge on any atom is -0.357 e. The third kappa shape index (κ3) is 3.92. The van der Waals surface area contributed by atoms with Gasteiger partial charge in [-0.25, -0.2) is 15.0 Å². The largest absolute Gasteiger partial charge is 0.357 e. The summed E-state index contributed by atoms with van der Waals surface area (Å²) >= 11 is 0. The molecule has 0 saturated heterocycles. The first-order valence-corrected chi connectivity index (χ1v) is 8.66. The van der Waals surface area contributed by atoms with Gasteiger partial charge >= 0.3 is 7.60 Å². The lowest BCUT2D eigenvalue weighted by Crippen LogP contribution is -2.20. The second-order valence-electron chi connectivity index (χ2n) is 5.15. The molecule has 0 amide bonds. The van der Waals surface area contributed by atoms with Gasteiger partial charge in [0.1, 0.15) is 18.2 Å². The molecule has 0 fully saturated rings. The summed E-state index contributed by atoms with van der Waals surface area (Å²) in [4.78, 5) is 30.5. The molecule has 8 nitrogen and oxygen atoms in total. The number of rotatable bonds is 7. The normalized spacial score (nSPS) is 14.6. The molecule has 0 unspecified atom stereocenters. The van der Waals surface area contributed by atoms with E-state index in [0.29, 0.717) is 16.7 Å². The average Bonchev–Trinajstić information content (AvgIpc) is 2.91. The van der Waals surface area contributed by atoms with E-state index in [2.05, 4.69) is 28.1 Å². The second kappa shape index (κ2) is 6.72. The molecular weight excluding hydrogens is 319 g/mol. The summed E-state index contributed by atoms with van der Waals surface area (Å²) in [5.74, 6) is 0. The first-order chi connectivity index (χ1) is 10.7. The van der Waals surface area contributed by atoms with Crippen molar-refractivity contribution in [3.05, 3.63) is 43.2 Å². The highest BCUT2D eigenvalue weighted by atomic mass is 31.2. The van der Waals surface area contributed by atoms with Crippen LogP contribution in [0.3, 0.4) is 0 Å². The fraction of sp³-hybridized carbons (Fsp3) is 0.357. The van der Waals surface area contributed by atoms with Crippen LogP contribution in [0.4, 0.5) is 0 Å². The Balaban J connectivity index is 2.25. The first-order valence-electron chi connectivity index (χ1n) is 6.86. The summed E-state index contributed by atoms with van der Waals surface area (Å²) in [6, 6.07) is -0.255. The maximum absolute atomic E-state index is 11.0. The van der Waals surface area contributed by atoms with Gasteiger partial charge in [0.15, 0.2) is 5.65 Å². The predicted octanol–water partition coefficient (Wildman–Crippen LogP) is 1.96. The van der Waals surface area contributed by atoms with Crippen molar-refractivity contribution in [3.8, 4) is 0 Å². The van der Waals surface area contributed by atoms with Crippen LogP contribution in [-0.2, 0) is 9.30 Å². The van der Waals surface area contributed by atoms with Crippen LogP contribution < -0.4 is 0 Å². The zero-order valence-corrected chi connectivity index (χ0v) is 13.8. The van der Waals surface area contributed by atoms with Crippen molar-refractivity contribution in [1.82, 2.24) is 19.5 Å². The Hall–Kier alpha value is -1.86. The highest BCUT2D eigenvalue weighted by Crippen LogP contribution is 2.36. The molecule has 2 atom stereocenters. The zero-order chi connectivity index (χ0) is 17.2. The van der Waals surface area contributed by atoms with Crippen LogP contribution >= 0.6 is 7.60 Å². The van der Waals surface area contributed by atoms with E-state index < -0.39 is 20.0 Å². The number of nitrogens with zero attached hydrogens (tertiary/aromatic N) is 4. The Morgan fingerprint density at radius 3 is 2.78 bits per heavy atom. The maximum atomic E-state index is 11.0. The highest BCUT2D eigenvalue weighted by Gasteiger charge is 2.23. The summed E-state index contributed by atoms with van der Waals surface area (Å²) in [6.45, 7) is 11.3. The monoisotopic (exact) mass is 338 g/mol. The van der Waals surface area contributed by atoms with Crippen molar-refractivity contribution >= 4 is 18.8 Å². The van der Waals surface area contributed by atoms with Crippen LogP contribution in [0.1, 0.15) is 18.7 Å². The quantitative estimate of drug-likeness (QED) is 0.586. The van der Waals surface area contributed by atoms with Crippen molar-refractivity contribution in [2.24, 2.45) is 0 Å². The van der Waals surface area contributed by atoms with E-state index in [9.17, 15) is 4.57 Å². The van der Waals surface area contributed by atoms with Gasteiger partial charge in [-0.05, 0) is 19.4 Å². The summed E-state index contributed by atoms with van der Waals surface area (Å²) in [5, 5.41) is 0. The molecule has 0 radical (unpaired) electrons. The molecule has 23 heavy (non-hydrogen) atoms. The molecule has 0 spiro atoms. The fourth-order valence-corrected chi connectivity index (χ4v) is 2.53. The molecule has 0 aliphatic heterocycles. The van der Waals surface area contributed by atoms with E-state index in [1.807, 2.05) is 18.4 Å². The minimum absolute atomic E-state index is 0.255. The van der Waals surface area contributed by atoms with E-state index in [4.69, 9.17) is 14.5 Å². The molecule has 124 valence electrons. The average molecular weight is 338 g/mol. The van der Waals surface area contributed by atoms with Gasteiger partial charge in [-0.2, -0.15) is 0 Å². The fourth-order valence-electron chi connectivity index (χ4n) is 2.17. The predicted molar refractivity (Wildman–Crippen MR) is 85.9 cm³/mol. The number of aromatic nitrogens is 4. The van der Waals surface area contributed by atoms with Crippen molar-refractivity contribution in [3.63, 3.8) is 0 Å². The number of imidazole rings is 1. The van der Waals surface area contributed by atoms with E-state index in [0.717, 1.165) is 5.69 Å². The lowest BCUT2D eigenvalue weighted by molar-refractivity contribution is 0.126. The summed E-state index contributed by atoms with van der Waals surface area (Å²) in [6.07, 6.45) is 3.15. The molecular formula is C14H19N4O4P.